The maximum absolute atomic E-state index is 14.9. The predicted octanol–water partition coefficient (Wildman–Crippen LogP) is 6.74. The number of para-hydroxylation sites is 1. The Hall–Kier alpha value is -4.59. The number of hydrogen-bond donors (Lipinski definition) is 1. The maximum atomic E-state index is 14.9. The second kappa shape index (κ2) is 11.2. The number of carbonyl (C=O) groups excluding carboxylic acids is 1. The van der Waals surface area contributed by atoms with Crippen LogP contribution in [0.4, 0.5) is 0 Å². The van der Waals surface area contributed by atoms with Crippen molar-refractivity contribution >= 4 is 16.8 Å². The van der Waals surface area contributed by atoms with Crippen LogP contribution in [-0.2, 0) is 23.5 Å². The molecule has 7 rings (SSSR count). The molecule has 0 unspecified atom stereocenters. The van der Waals surface area contributed by atoms with E-state index in [1.54, 1.807) is 13.2 Å². The van der Waals surface area contributed by atoms with Gasteiger partial charge in [0, 0.05) is 36.3 Å². The van der Waals surface area contributed by atoms with E-state index in [1.807, 2.05) is 72.4 Å². The topological polar surface area (TPSA) is 67.2 Å². The number of aromatic hydroxyl groups is 1. The van der Waals surface area contributed by atoms with Gasteiger partial charge in [0.2, 0.25) is 0 Å². The summed E-state index contributed by atoms with van der Waals surface area (Å²) in [5.74, 6) is 0.885. The second-order valence-electron chi connectivity index (χ2n) is 12.1. The van der Waals surface area contributed by atoms with Crippen LogP contribution >= 0.6 is 0 Å². The summed E-state index contributed by atoms with van der Waals surface area (Å²) in [4.78, 5) is 18.9. The molecule has 0 bridgehead atoms. The van der Waals surface area contributed by atoms with Crippen LogP contribution in [0.1, 0.15) is 39.9 Å². The molecule has 1 spiro atoms. The highest BCUT2D eigenvalue weighted by molar-refractivity contribution is 6.15. The molecule has 7 heteroatoms. The molecule has 1 amide bonds. The zero-order valence-electron chi connectivity index (χ0n) is 25.4. The van der Waals surface area contributed by atoms with Crippen LogP contribution in [0.5, 0.6) is 11.5 Å². The number of methoxy groups -OCH3 is 1. The molecule has 0 aliphatic carbocycles. The maximum Gasteiger partial charge on any atom is 0.256 e. The fraction of sp³-hybridized carbons (Fsp3) is 0.270. The number of likely N-dealkylation sites (tertiary alicyclic amines) is 1. The summed E-state index contributed by atoms with van der Waals surface area (Å²) in [7, 11) is 5.60. The number of fused-ring (bicyclic) bond motifs is 3. The lowest BCUT2D eigenvalue weighted by molar-refractivity contribution is -0.0741. The SMILES string of the molecule is COc1ccc(-c2c(C(=O)N3CCC4(CC3)OCc3ccccc34)c3c(CN(C)C)c(O)ccc3n2-c2ccccc2)cc1. The Balaban J connectivity index is 1.41. The Morgan fingerprint density at radius 1 is 0.932 bits per heavy atom. The quantitative estimate of drug-likeness (QED) is 0.239. The lowest BCUT2D eigenvalue weighted by Gasteiger charge is -2.39. The molecule has 4 aromatic carbocycles. The molecular weight excluding hydrogens is 550 g/mol. The van der Waals surface area contributed by atoms with E-state index in [0.717, 1.165) is 52.0 Å². The Labute approximate surface area is 257 Å². The van der Waals surface area contributed by atoms with E-state index in [-0.39, 0.29) is 17.3 Å². The third-order valence-corrected chi connectivity index (χ3v) is 9.15. The van der Waals surface area contributed by atoms with Crippen molar-refractivity contribution in [1.82, 2.24) is 14.4 Å². The van der Waals surface area contributed by atoms with Crippen molar-refractivity contribution in [2.45, 2.75) is 31.6 Å². The highest BCUT2D eigenvalue weighted by Crippen LogP contribution is 2.46. The van der Waals surface area contributed by atoms with E-state index in [9.17, 15) is 9.90 Å². The Morgan fingerprint density at radius 3 is 2.34 bits per heavy atom. The molecule has 1 saturated heterocycles. The zero-order chi connectivity index (χ0) is 30.4. The van der Waals surface area contributed by atoms with Crippen LogP contribution in [0, 0.1) is 0 Å². The predicted molar refractivity (Wildman–Crippen MR) is 172 cm³/mol. The number of benzene rings is 4. The first kappa shape index (κ1) is 28.2. The molecular formula is C37H37N3O4. The fourth-order valence-electron chi connectivity index (χ4n) is 7.02. The number of hydrogen-bond acceptors (Lipinski definition) is 5. The van der Waals surface area contributed by atoms with Crippen molar-refractivity contribution in [3.63, 3.8) is 0 Å². The van der Waals surface area contributed by atoms with E-state index >= 15 is 0 Å². The minimum atomic E-state index is -0.349. The summed E-state index contributed by atoms with van der Waals surface area (Å²) < 4.78 is 14.0. The van der Waals surface area contributed by atoms with E-state index in [0.29, 0.717) is 31.8 Å². The molecule has 2 aliphatic rings. The van der Waals surface area contributed by atoms with Gasteiger partial charge in [0.1, 0.15) is 11.5 Å². The summed E-state index contributed by atoms with van der Waals surface area (Å²) in [5, 5.41) is 12.0. The van der Waals surface area contributed by atoms with Gasteiger partial charge >= 0.3 is 0 Å². The van der Waals surface area contributed by atoms with Crippen molar-refractivity contribution in [1.29, 1.82) is 0 Å². The molecule has 5 aromatic rings. The summed E-state index contributed by atoms with van der Waals surface area (Å²) >= 11 is 0. The van der Waals surface area contributed by atoms with Crippen molar-refractivity contribution in [3.05, 3.63) is 113 Å². The minimum absolute atomic E-state index is 0.0396. The molecule has 0 saturated carbocycles. The number of nitrogens with zero attached hydrogens (tertiary/aromatic N) is 3. The zero-order valence-corrected chi connectivity index (χ0v) is 25.4. The van der Waals surface area contributed by atoms with Gasteiger partial charge in [-0.15, -0.1) is 0 Å². The van der Waals surface area contributed by atoms with Gasteiger partial charge in [-0.05, 0) is 92.2 Å². The molecule has 2 aliphatic heterocycles. The molecule has 7 nitrogen and oxygen atoms in total. The van der Waals surface area contributed by atoms with Crippen LogP contribution in [0.2, 0.25) is 0 Å². The molecule has 44 heavy (non-hydrogen) atoms. The average molecular weight is 588 g/mol. The van der Waals surface area contributed by atoms with Gasteiger partial charge in [-0.2, -0.15) is 0 Å². The summed E-state index contributed by atoms with van der Waals surface area (Å²) in [6.07, 6.45) is 1.47. The molecule has 1 fully saturated rings. The van der Waals surface area contributed by atoms with Gasteiger partial charge in [0.25, 0.3) is 5.91 Å². The van der Waals surface area contributed by atoms with Crippen LogP contribution in [0.15, 0.2) is 91.0 Å². The van der Waals surface area contributed by atoms with Gasteiger partial charge in [-0.25, -0.2) is 0 Å². The number of rotatable bonds is 6. The monoisotopic (exact) mass is 587 g/mol. The Morgan fingerprint density at radius 2 is 1.64 bits per heavy atom. The largest absolute Gasteiger partial charge is 0.508 e. The first-order valence-electron chi connectivity index (χ1n) is 15.2. The number of phenolic OH excluding ortho intramolecular Hbond substituents is 1. The number of carbonyl (C=O) groups is 1. The third-order valence-electron chi connectivity index (χ3n) is 9.15. The van der Waals surface area contributed by atoms with Crippen LogP contribution in [-0.4, -0.2) is 59.7 Å². The smallest absolute Gasteiger partial charge is 0.256 e. The van der Waals surface area contributed by atoms with Gasteiger partial charge < -0.3 is 28.9 Å². The molecule has 0 radical (unpaired) electrons. The highest BCUT2D eigenvalue weighted by atomic mass is 16.5. The Kier molecular flexibility index (Phi) is 7.15. The van der Waals surface area contributed by atoms with Crippen molar-refractivity contribution in [2.75, 3.05) is 34.3 Å². The molecule has 1 aromatic heterocycles. The standard InChI is InChI=1S/C37H37N3O4/c1-38(2)23-29-32(41)18-17-31-33(29)34(35(25-13-15-28(43-3)16-14-25)40(31)27-10-5-4-6-11-27)36(42)39-21-19-37(20-22-39)30-12-8-7-9-26(30)24-44-37/h4-18,41H,19-24H2,1-3H3. The van der Waals surface area contributed by atoms with Gasteiger partial charge in [-0.1, -0.05) is 42.5 Å². The molecule has 3 heterocycles. The second-order valence-corrected chi connectivity index (χ2v) is 12.1. The summed E-state index contributed by atoms with van der Waals surface area (Å²) in [6, 6.07) is 30.1. The van der Waals surface area contributed by atoms with Gasteiger partial charge in [-0.3, -0.25) is 4.79 Å². The van der Waals surface area contributed by atoms with Crippen LogP contribution in [0.25, 0.3) is 27.8 Å². The molecule has 1 N–H and O–H groups in total. The first-order chi connectivity index (χ1) is 21.4. The third kappa shape index (κ3) is 4.64. The van der Waals surface area contributed by atoms with Crippen LogP contribution < -0.4 is 4.74 Å². The lowest BCUT2D eigenvalue weighted by atomic mass is 9.83. The highest BCUT2D eigenvalue weighted by Gasteiger charge is 2.44. The number of amides is 1. The first-order valence-corrected chi connectivity index (χ1v) is 15.2. The van der Waals surface area contributed by atoms with E-state index in [2.05, 4.69) is 41.0 Å². The minimum Gasteiger partial charge on any atom is -0.508 e. The van der Waals surface area contributed by atoms with Crippen molar-refractivity contribution in [2.24, 2.45) is 0 Å². The van der Waals surface area contributed by atoms with E-state index in [1.165, 1.54) is 11.1 Å². The van der Waals surface area contributed by atoms with Crippen molar-refractivity contribution in [3.8, 4) is 28.4 Å². The van der Waals surface area contributed by atoms with E-state index < -0.39 is 0 Å². The van der Waals surface area contributed by atoms with E-state index in [4.69, 9.17) is 9.47 Å². The fourth-order valence-corrected chi connectivity index (χ4v) is 7.02. The number of phenols is 1. The van der Waals surface area contributed by atoms with Gasteiger partial charge in [0.05, 0.1) is 36.1 Å². The average Bonchev–Trinajstić information content (AvgIpc) is 3.59. The number of piperidine rings is 1. The molecule has 0 atom stereocenters. The van der Waals surface area contributed by atoms with Crippen LogP contribution in [0.3, 0.4) is 0 Å². The Bertz CT molecular complexity index is 1830. The summed E-state index contributed by atoms with van der Waals surface area (Å²) in [5.41, 5.74) is 7.00. The molecule has 224 valence electrons. The van der Waals surface area contributed by atoms with Gasteiger partial charge in [0.15, 0.2) is 0 Å². The number of ether oxygens (including phenoxy) is 2. The number of aromatic nitrogens is 1. The summed E-state index contributed by atoms with van der Waals surface area (Å²) in [6.45, 7) is 2.26. The van der Waals surface area contributed by atoms with Crippen molar-refractivity contribution < 1.29 is 19.4 Å². The normalized spacial score (nSPS) is 15.7. The lowest BCUT2D eigenvalue weighted by Crippen LogP contribution is -2.45.